The van der Waals surface area contributed by atoms with E-state index in [0.29, 0.717) is 0 Å². The Morgan fingerprint density at radius 2 is 1.85 bits per heavy atom. The van der Waals surface area contributed by atoms with Crippen LogP contribution in [0.1, 0.15) is 34.1 Å². The normalized spacial score (nSPS) is 20.9. The van der Waals surface area contributed by atoms with Crippen molar-refractivity contribution in [1.82, 2.24) is 0 Å². The molecule has 0 aromatic heterocycles. The second kappa shape index (κ2) is 6.02. The molecule has 0 aromatic rings. The number of cyclic esters (lactones) is 2. The Balaban J connectivity index is 2.80. The first kappa shape index (κ1) is 16.1. The average molecular weight is 284 g/mol. The number of carbonyl (C=O) groups excluding carboxylic acids is 3. The van der Waals surface area contributed by atoms with Gasteiger partial charge in [0.15, 0.2) is 5.92 Å². The maximum Gasteiger partial charge on any atom is 0.329 e. The Hall–Kier alpha value is -1.92. The Labute approximate surface area is 117 Å². The lowest BCUT2D eigenvalue weighted by Crippen LogP contribution is -2.47. The van der Waals surface area contributed by atoms with E-state index in [1.807, 2.05) is 13.8 Å². The van der Waals surface area contributed by atoms with Crippen molar-refractivity contribution in [2.75, 3.05) is 0 Å². The van der Waals surface area contributed by atoms with Gasteiger partial charge in [-0.15, -0.1) is 0 Å². The molecular formula is C13H18NO6-. The van der Waals surface area contributed by atoms with Crippen LogP contribution in [0, 0.1) is 11.8 Å². The third kappa shape index (κ3) is 4.32. The quantitative estimate of drug-likeness (QED) is 0.389. The third-order valence-electron chi connectivity index (χ3n) is 2.58. The number of aliphatic imine (C=N–C) groups is 1. The first-order valence-electron chi connectivity index (χ1n) is 6.32. The Bertz CT molecular complexity index is 420. The van der Waals surface area contributed by atoms with Gasteiger partial charge in [0.1, 0.15) is 0 Å². The van der Waals surface area contributed by atoms with Crippen molar-refractivity contribution in [2.45, 2.75) is 45.9 Å². The number of carbonyl (C=O) groups is 3. The van der Waals surface area contributed by atoms with Crippen LogP contribution in [-0.2, 0) is 23.9 Å². The summed E-state index contributed by atoms with van der Waals surface area (Å²) in [7, 11) is 0. The second-order valence-corrected chi connectivity index (χ2v) is 5.48. The van der Waals surface area contributed by atoms with Gasteiger partial charge in [0.05, 0.1) is 12.0 Å². The van der Waals surface area contributed by atoms with E-state index in [0.717, 1.165) is 6.21 Å². The van der Waals surface area contributed by atoms with Gasteiger partial charge in [-0.3, -0.25) is 14.6 Å². The first-order chi connectivity index (χ1) is 9.12. The number of nitrogens with zero attached hydrogens (tertiary/aromatic N) is 1. The molecule has 1 atom stereocenters. The highest BCUT2D eigenvalue weighted by Gasteiger charge is 2.42. The molecule has 0 spiro atoms. The summed E-state index contributed by atoms with van der Waals surface area (Å²) in [4.78, 5) is 38.0. The van der Waals surface area contributed by atoms with Crippen molar-refractivity contribution in [3.05, 3.63) is 0 Å². The van der Waals surface area contributed by atoms with E-state index in [9.17, 15) is 19.5 Å². The zero-order chi connectivity index (χ0) is 15.5. The van der Waals surface area contributed by atoms with Gasteiger partial charge in [-0.25, -0.2) is 0 Å². The highest BCUT2D eigenvalue weighted by Crippen LogP contribution is 2.22. The number of hydrogen-bond acceptors (Lipinski definition) is 7. The fourth-order valence-corrected chi connectivity index (χ4v) is 1.70. The highest BCUT2D eigenvalue weighted by atomic mass is 16.7. The van der Waals surface area contributed by atoms with Gasteiger partial charge >= 0.3 is 11.9 Å². The first-order valence-corrected chi connectivity index (χ1v) is 6.32. The Morgan fingerprint density at radius 1 is 1.35 bits per heavy atom. The monoisotopic (exact) mass is 284 g/mol. The number of carboxylic acid groups (broad SMARTS) is 1. The topological polar surface area (TPSA) is 105 Å². The summed E-state index contributed by atoms with van der Waals surface area (Å²) in [5.41, 5.74) is 0. The number of carboxylic acids is 1. The van der Waals surface area contributed by atoms with Gasteiger partial charge in [0, 0.05) is 20.1 Å². The minimum Gasteiger partial charge on any atom is -0.548 e. The fraction of sp³-hybridized carbons (Fsp3) is 0.692. The van der Waals surface area contributed by atoms with E-state index in [2.05, 4.69) is 4.99 Å². The van der Waals surface area contributed by atoms with E-state index >= 15 is 0 Å². The van der Waals surface area contributed by atoms with Crippen LogP contribution < -0.4 is 5.11 Å². The molecule has 0 saturated carbocycles. The average Bonchev–Trinajstić information content (AvgIpc) is 2.23. The van der Waals surface area contributed by atoms with Crippen LogP contribution >= 0.6 is 0 Å². The summed E-state index contributed by atoms with van der Waals surface area (Å²) in [5.74, 6) is -5.54. The predicted octanol–water partition coefficient (Wildman–Crippen LogP) is -0.326. The Kier molecular flexibility index (Phi) is 4.86. The lowest BCUT2D eigenvalue weighted by Gasteiger charge is -2.31. The Morgan fingerprint density at radius 3 is 2.25 bits per heavy atom. The lowest BCUT2D eigenvalue weighted by molar-refractivity contribution is -0.307. The molecule has 1 aliphatic heterocycles. The van der Waals surface area contributed by atoms with E-state index in [-0.39, 0.29) is 12.3 Å². The second-order valence-electron chi connectivity index (χ2n) is 5.48. The van der Waals surface area contributed by atoms with Gasteiger partial charge in [-0.2, -0.15) is 0 Å². The van der Waals surface area contributed by atoms with Gasteiger partial charge in [-0.1, -0.05) is 13.8 Å². The molecule has 0 aliphatic carbocycles. The maximum absolute atomic E-state index is 11.6. The van der Waals surface area contributed by atoms with Crippen molar-refractivity contribution < 1.29 is 29.0 Å². The summed E-state index contributed by atoms with van der Waals surface area (Å²) >= 11 is 0. The standard InChI is InChI=1S/C13H19NO6/c1-7(2)5-9(10(15)16)14-6-8-11(17)19-13(3,4)20-12(8)18/h6-9H,5H2,1-4H3,(H,15,16)/p-1/t9-/m0/s1. The van der Waals surface area contributed by atoms with Crippen LogP contribution in [0.25, 0.3) is 0 Å². The summed E-state index contributed by atoms with van der Waals surface area (Å²) in [6, 6.07) is -1.11. The van der Waals surface area contributed by atoms with Gasteiger partial charge < -0.3 is 19.4 Å². The molecule has 0 radical (unpaired) electrons. The van der Waals surface area contributed by atoms with Crippen molar-refractivity contribution in [1.29, 1.82) is 0 Å². The van der Waals surface area contributed by atoms with E-state index in [1.54, 1.807) is 0 Å². The molecule has 1 rings (SSSR count). The van der Waals surface area contributed by atoms with Crippen LogP contribution in [0.3, 0.4) is 0 Å². The zero-order valence-corrected chi connectivity index (χ0v) is 11.9. The van der Waals surface area contributed by atoms with Crippen LogP contribution in [0.2, 0.25) is 0 Å². The van der Waals surface area contributed by atoms with Crippen molar-refractivity contribution in [3.63, 3.8) is 0 Å². The van der Waals surface area contributed by atoms with Gasteiger partial charge in [-0.05, 0) is 12.3 Å². The van der Waals surface area contributed by atoms with Gasteiger partial charge in [0.25, 0.3) is 5.79 Å². The summed E-state index contributed by atoms with van der Waals surface area (Å²) in [6.07, 6.45) is 1.21. The molecule has 112 valence electrons. The lowest BCUT2D eigenvalue weighted by atomic mass is 10.0. The summed E-state index contributed by atoms with van der Waals surface area (Å²) in [6.45, 7) is 6.52. The minimum atomic E-state index is -1.35. The zero-order valence-electron chi connectivity index (χ0n) is 11.9. The van der Waals surface area contributed by atoms with E-state index < -0.39 is 35.7 Å². The molecule has 1 saturated heterocycles. The molecule has 1 heterocycles. The third-order valence-corrected chi connectivity index (χ3v) is 2.58. The highest BCUT2D eigenvalue weighted by molar-refractivity contribution is 6.10. The molecule has 7 nitrogen and oxygen atoms in total. The van der Waals surface area contributed by atoms with Crippen molar-refractivity contribution in [3.8, 4) is 0 Å². The number of esters is 2. The van der Waals surface area contributed by atoms with Crippen LogP contribution in [0.15, 0.2) is 4.99 Å². The smallest absolute Gasteiger partial charge is 0.329 e. The number of hydrogen-bond donors (Lipinski definition) is 0. The molecule has 0 amide bonds. The largest absolute Gasteiger partial charge is 0.548 e. The molecule has 0 aromatic carbocycles. The fourth-order valence-electron chi connectivity index (χ4n) is 1.70. The molecule has 20 heavy (non-hydrogen) atoms. The van der Waals surface area contributed by atoms with Crippen LogP contribution in [0.4, 0.5) is 0 Å². The maximum atomic E-state index is 11.6. The molecule has 1 fully saturated rings. The molecule has 0 N–H and O–H groups in total. The minimum absolute atomic E-state index is 0.0826. The van der Waals surface area contributed by atoms with E-state index in [1.165, 1.54) is 13.8 Å². The molecule has 0 bridgehead atoms. The van der Waals surface area contributed by atoms with Crippen molar-refractivity contribution in [2.24, 2.45) is 16.8 Å². The molecule has 0 unspecified atom stereocenters. The summed E-state index contributed by atoms with van der Waals surface area (Å²) < 4.78 is 9.79. The van der Waals surface area contributed by atoms with E-state index in [4.69, 9.17) is 9.47 Å². The number of rotatable bonds is 5. The number of aliphatic carboxylic acids is 1. The van der Waals surface area contributed by atoms with Gasteiger partial charge in [0.2, 0.25) is 0 Å². The molecule has 1 aliphatic rings. The predicted molar refractivity (Wildman–Crippen MR) is 66.5 cm³/mol. The number of ether oxygens (including phenoxy) is 2. The molecular weight excluding hydrogens is 266 g/mol. The van der Waals surface area contributed by atoms with Crippen LogP contribution in [0.5, 0.6) is 0 Å². The van der Waals surface area contributed by atoms with Crippen LogP contribution in [-0.4, -0.2) is 36.0 Å². The summed E-state index contributed by atoms with van der Waals surface area (Å²) in [5, 5.41) is 10.9. The SMILES string of the molecule is CC(C)C[C@H](N=CC1C(=O)OC(C)(C)OC1=O)C(=O)[O-]. The van der Waals surface area contributed by atoms with Crippen molar-refractivity contribution >= 4 is 24.1 Å². The molecule has 7 heteroatoms.